The number of hydrogen-bond acceptors (Lipinski definition) is 4. The SMILES string of the molecule is CC(Nc1ncc(-c2cccc(Cl)c2)cc1O)C(N)=O. The first-order chi connectivity index (χ1) is 9.47. The van der Waals surface area contributed by atoms with Crippen LogP contribution in [0.3, 0.4) is 0 Å². The second kappa shape index (κ2) is 5.79. The normalized spacial score (nSPS) is 11.9. The van der Waals surface area contributed by atoms with E-state index in [9.17, 15) is 9.90 Å². The summed E-state index contributed by atoms with van der Waals surface area (Å²) in [7, 11) is 0. The van der Waals surface area contributed by atoms with Gasteiger partial charge >= 0.3 is 0 Å². The van der Waals surface area contributed by atoms with Crippen molar-refractivity contribution in [2.24, 2.45) is 5.73 Å². The molecule has 5 nitrogen and oxygen atoms in total. The van der Waals surface area contributed by atoms with E-state index in [1.165, 1.54) is 0 Å². The lowest BCUT2D eigenvalue weighted by Gasteiger charge is -2.12. The molecule has 0 aliphatic heterocycles. The maximum absolute atomic E-state index is 11.0. The minimum Gasteiger partial charge on any atom is -0.504 e. The van der Waals surface area contributed by atoms with Crippen molar-refractivity contribution >= 4 is 23.3 Å². The molecule has 104 valence electrons. The molecule has 2 aromatic rings. The molecule has 1 heterocycles. The number of aromatic nitrogens is 1. The Morgan fingerprint density at radius 3 is 2.75 bits per heavy atom. The summed E-state index contributed by atoms with van der Waals surface area (Å²) in [6.45, 7) is 1.59. The number of primary amides is 1. The van der Waals surface area contributed by atoms with Gasteiger partial charge in [-0.3, -0.25) is 4.79 Å². The number of halogens is 1. The van der Waals surface area contributed by atoms with Crippen LogP contribution in [0, 0.1) is 0 Å². The predicted molar refractivity (Wildman–Crippen MR) is 78.6 cm³/mol. The maximum atomic E-state index is 11.0. The quantitative estimate of drug-likeness (QED) is 0.807. The van der Waals surface area contributed by atoms with Crippen molar-refractivity contribution in [2.45, 2.75) is 13.0 Å². The summed E-state index contributed by atoms with van der Waals surface area (Å²) in [4.78, 5) is 15.1. The molecule has 0 radical (unpaired) electrons. The number of anilines is 1. The molecule has 0 aliphatic carbocycles. The molecule has 0 spiro atoms. The third-order valence-electron chi connectivity index (χ3n) is 2.81. The Morgan fingerprint density at radius 1 is 1.40 bits per heavy atom. The van der Waals surface area contributed by atoms with Gasteiger partial charge in [0.05, 0.1) is 0 Å². The van der Waals surface area contributed by atoms with Crippen LogP contribution in [0.2, 0.25) is 5.02 Å². The molecule has 20 heavy (non-hydrogen) atoms. The number of nitrogens with zero attached hydrogens (tertiary/aromatic N) is 1. The summed E-state index contributed by atoms with van der Waals surface area (Å²) < 4.78 is 0. The minimum absolute atomic E-state index is 0.0597. The van der Waals surface area contributed by atoms with Gasteiger partial charge in [-0.15, -0.1) is 0 Å². The van der Waals surface area contributed by atoms with E-state index in [1.54, 1.807) is 31.3 Å². The van der Waals surface area contributed by atoms with Crippen LogP contribution in [0.5, 0.6) is 5.75 Å². The Morgan fingerprint density at radius 2 is 2.15 bits per heavy atom. The van der Waals surface area contributed by atoms with E-state index in [2.05, 4.69) is 10.3 Å². The first-order valence-electron chi connectivity index (χ1n) is 5.98. The smallest absolute Gasteiger partial charge is 0.239 e. The summed E-state index contributed by atoms with van der Waals surface area (Å²) >= 11 is 5.92. The number of nitrogens with one attached hydrogen (secondary N) is 1. The van der Waals surface area contributed by atoms with E-state index >= 15 is 0 Å². The van der Waals surface area contributed by atoms with Gasteiger partial charge in [0.15, 0.2) is 11.6 Å². The van der Waals surface area contributed by atoms with E-state index in [1.807, 2.05) is 12.1 Å². The third kappa shape index (κ3) is 3.19. The summed E-state index contributed by atoms with van der Waals surface area (Å²) in [5.41, 5.74) is 6.71. The van der Waals surface area contributed by atoms with Gasteiger partial charge in [-0.2, -0.15) is 0 Å². The largest absolute Gasteiger partial charge is 0.504 e. The summed E-state index contributed by atoms with van der Waals surface area (Å²) in [6.07, 6.45) is 1.58. The number of carbonyl (C=O) groups excluding carboxylic acids is 1. The fourth-order valence-electron chi connectivity index (χ4n) is 1.67. The average molecular weight is 292 g/mol. The number of rotatable bonds is 4. The number of benzene rings is 1. The highest BCUT2D eigenvalue weighted by atomic mass is 35.5. The number of carbonyl (C=O) groups is 1. The zero-order valence-corrected chi connectivity index (χ0v) is 11.6. The first-order valence-corrected chi connectivity index (χ1v) is 6.36. The fraction of sp³-hybridized carbons (Fsp3) is 0.143. The Hall–Kier alpha value is -2.27. The van der Waals surface area contributed by atoms with Gasteiger partial charge in [-0.05, 0) is 30.7 Å². The van der Waals surface area contributed by atoms with Crippen LogP contribution in [0.15, 0.2) is 36.5 Å². The van der Waals surface area contributed by atoms with Gasteiger partial charge in [0, 0.05) is 16.8 Å². The molecular weight excluding hydrogens is 278 g/mol. The highest BCUT2D eigenvalue weighted by Gasteiger charge is 2.12. The zero-order valence-electron chi connectivity index (χ0n) is 10.8. The maximum Gasteiger partial charge on any atom is 0.239 e. The highest BCUT2D eigenvalue weighted by molar-refractivity contribution is 6.30. The molecule has 4 N–H and O–H groups in total. The van der Waals surface area contributed by atoms with Crippen LogP contribution < -0.4 is 11.1 Å². The van der Waals surface area contributed by atoms with Crippen molar-refractivity contribution < 1.29 is 9.90 Å². The molecule has 0 saturated heterocycles. The van der Waals surface area contributed by atoms with E-state index in [0.717, 1.165) is 11.1 Å². The Balaban J connectivity index is 2.28. The van der Waals surface area contributed by atoms with Crippen LogP contribution in [0.1, 0.15) is 6.92 Å². The Kier molecular flexibility index (Phi) is 4.10. The molecule has 1 atom stereocenters. The van der Waals surface area contributed by atoms with Crippen molar-refractivity contribution in [1.82, 2.24) is 4.98 Å². The van der Waals surface area contributed by atoms with Gasteiger partial charge in [0.25, 0.3) is 0 Å². The second-order valence-electron chi connectivity index (χ2n) is 4.37. The lowest BCUT2D eigenvalue weighted by molar-refractivity contribution is -0.118. The third-order valence-corrected chi connectivity index (χ3v) is 3.04. The monoisotopic (exact) mass is 291 g/mol. The summed E-state index contributed by atoms with van der Waals surface area (Å²) in [5, 5.41) is 13.3. The fourth-order valence-corrected chi connectivity index (χ4v) is 1.86. The Labute approximate surface area is 121 Å². The molecule has 1 amide bonds. The van der Waals surface area contributed by atoms with Crippen LogP contribution in [0.4, 0.5) is 5.82 Å². The topological polar surface area (TPSA) is 88.2 Å². The van der Waals surface area contributed by atoms with E-state index in [4.69, 9.17) is 17.3 Å². The number of hydrogen-bond donors (Lipinski definition) is 3. The van der Waals surface area contributed by atoms with E-state index in [-0.39, 0.29) is 11.6 Å². The van der Waals surface area contributed by atoms with Gasteiger partial charge in [0.1, 0.15) is 6.04 Å². The van der Waals surface area contributed by atoms with Crippen LogP contribution in [-0.2, 0) is 4.79 Å². The lowest BCUT2D eigenvalue weighted by Crippen LogP contribution is -2.32. The number of nitrogens with two attached hydrogens (primary N) is 1. The van der Waals surface area contributed by atoms with Crippen molar-refractivity contribution in [3.8, 4) is 16.9 Å². The van der Waals surface area contributed by atoms with Crippen molar-refractivity contribution in [3.63, 3.8) is 0 Å². The van der Waals surface area contributed by atoms with Gasteiger partial charge < -0.3 is 16.2 Å². The van der Waals surface area contributed by atoms with Crippen LogP contribution in [0.25, 0.3) is 11.1 Å². The van der Waals surface area contributed by atoms with E-state index in [0.29, 0.717) is 5.02 Å². The number of aromatic hydroxyl groups is 1. The van der Waals surface area contributed by atoms with Crippen molar-refractivity contribution in [1.29, 1.82) is 0 Å². The van der Waals surface area contributed by atoms with Gasteiger partial charge in [-0.1, -0.05) is 23.7 Å². The second-order valence-corrected chi connectivity index (χ2v) is 4.81. The molecule has 1 aromatic carbocycles. The predicted octanol–water partition coefficient (Wildman–Crippen LogP) is 2.39. The summed E-state index contributed by atoms with van der Waals surface area (Å²) in [5.74, 6) is -0.372. The van der Waals surface area contributed by atoms with Gasteiger partial charge in [-0.25, -0.2) is 4.98 Å². The van der Waals surface area contributed by atoms with Crippen LogP contribution in [-0.4, -0.2) is 22.0 Å². The van der Waals surface area contributed by atoms with E-state index < -0.39 is 11.9 Å². The molecule has 2 rings (SSSR count). The number of amides is 1. The van der Waals surface area contributed by atoms with Crippen LogP contribution >= 0.6 is 11.6 Å². The molecule has 1 unspecified atom stereocenters. The molecule has 0 bridgehead atoms. The summed E-state index contributed by atoms with van der Waals surface area (Å²) in [6, 6.07) is 8.15. The average Bonchev–Trinajstić information content (AvgIpc) is 2.40. The molecule has 0 saturated carbocycles. The molecule has 0 fully saturated rings. The Bertz CT molecular complexity index is 646. The van der Waals surface area contributed by atoms with Crippen molar-refractivity contribution in [2.75, 3.05) is 5.32 Å². The van der Waals surface area contributed by atoms with Gasteiger partial charge in [0.2, 0.25) is 5.91 Å². The first kappa shape index (κ1) is 14.1. The molecule has 1 aromatic heterocycles. The molecular formula is C14H14ClN3O2. The van der Waals surface area contributed by atoms with Crippen molar-refractivity contribution in [3.05, 3.63) is 41.6 Å². The zero-order chi connectivity index (χ0) is 14.7. The molecule has 6 heteroatoms. The highest BCUT2D eigenvalue weighted by Crippen LogP contribution is 2.29. The standard InChI is InChI=1S/C14H14ClN3O2/c1-8(13(16)20)18-14-12(19)6-10(7-17-14)9-3-2-4-11(15)5-9/h2-8,19H,1H3,(H2,16,20)(H,17,18). The minimum atomic E-state index is -0.620. The number of pyridine rings is 1. The lowest BCUT2D eigenvalue weighted by atomic mass is 10.1. The molecule has 0 aliphatic rings.